The molecule has 0 N–H and O–H groups in total. The average Bonchev–Trinajstić information content (AvgIpc) is 2.85. The summed E-state index contributed by atoms with van der Waals surface area (Å²) in [5, 5.41) is 1.13. The largest absolute Gasteiger partial charge is 0.416 e. The molecule has 3 nitrogen and oxygen atoms in total. The molecule has 3 aromatic carbocycles. The standard InChI is InChI=1S/C26H20Cl2F6N2O/c27-21-5-1-16(2-6-21)23(17-3-7-22(28)8-4-17)35-9-11-36(12-10-35)24(37)18-13-19(25(29,30)31)15-20(14-18)26(32,33)34/h1-8,13-15,23H,9-12H2. The summed E-state index contributed by atoms with van der Waals surface area (Å²) in [4.78, 5) is 16.4. The summed E-state index contributed by atoms with van der Waals surface area (Å²) in [6.45, 7) is 0.918. The van der Waals surface area contributed by atoms with Gasteiger partial charge in [0, 0.05) is 41.8 Å². The minimum absolute atomic E-state index is 0.0115. The molecule has 0 unspecified atom stereocenters. The molecular formula is C26H20Cl2F6N2O. The number of hydrogen-bond acceptors (Lipinski definition) is 2. The fourth-order valence-corrected chi connectivity index (χ4v) is 4.60. The highest BCUT2D eigenvalue weighted by Gasteiger charge is 2.38. The van der Waals surface area contributed by atoms with E-state index >= 15 is 0 Å². The van der Waals surface area contributed by atoms with Crippen LogP contribution < -0.4 is 0 Å². The minimum atomic E-state index is -5.03. The lowest BCUT2D eigenvalue weighted by atomic mass is 9.96. The normalized spacial score (nSPS) is 15.3. The van der Waals surface area contributed by atoms with E-state index in [9.17, 15) is 31.1 Å². The van der Waals surface area contributed by atoms with Crippen molar-refractivity contribution < 1.29 is 31.1 Å². The number of piperazine rings is 1. The van der Waals surface area contributed by atoms with Gasteiger partial charge in [-0.3, -0.25) is 9.69 Å². The van der Waals surface area contributed by atoms with Gasteiger partial charge in [0.05, 0.1) is 17.2 Å². The lowest BCUT2D eigenvalue weighted by molar-refractivity contribution is -0.143. The number of hydrogen-bond donors (Lipinski definition) is 0. The van der Waals surface area contributed by atoms with Crippen LogP contribution >= 0.6 is 23.2 Å². The average molecular weight is 561 g/mol. The number of nitrogens with zero attached hydrogens (tertiary/aromatic N) is 2. The summed E-state index contributed by atoms with van der Waals surface area (Å²) in [5.74, 6) is -0.884. The quantitative estimate of drug-likeness (QED) is 0.307. The zero-order valence-corrected chi connectivity index (χ0v) is 20.6. The molecule has 1 amide bonds. The number of carbonyl (C=O) groups excluding carboxylic acids is 1. The molecule has 1 saturated heterocycles. The minimum Gasteiger partial charge on any atom is -0.336 e. The van der Waals surface area contributed by atoms with E-state index in [2.05, 4.69) is 4.90 Å². The van der Waals surface area contributed by atoms with Crippen molar-refractivity contribution in [2.45, 2.75) is 18.4 Å². The topological polar surface area (TPSA) is 23.6 Å². The predicted octanol–water partition coefficient (Wildman–Crippen LogP) is 7.58. The van der Waals surface area contributed by atoms with Crippen LogP contribution in [0.25, 0.3) is 0 Å². The Morgan fingerprint density at radius 1 is 0.676 bits per heavy atom. The second-order valence-electron chi connectivity index (χ2n) is 8.63. The van der Waals surface area contributed by atoms with Crippen molar-refractivity contribution in [1.29, 1.82) is 0 Å². The number of alkyl halides is 6. The molecule has 1 fully saturated rings. The summed E-state index contributed by atoms with van der Waals surface area (Å²) in [7, 11) is 0. The van der Waals surface area contributed by atoms with E-state index in [0.717, 1.165) is 11.1 Å². The summed E-state index contributed by atoms with van der Waals surface area (Å²) < 4.78 is 79.4. The Morgan fingerprint density at radius 3 is 1.46 bits per heavy atom. The lowest BCUT2D eigenvalue weighted by Crippen LogP contribution is -2.50. The van der Waals surface area contributed by atoms with Crippen molar-refractivity contribution in [2.75, 3.05) is 26.2 Å². The maximum atomic E-state index is 13.2. The van der Waals surface area contributed by atoms with Crippen LogP contribution in [-0.2, 0) is 12.4 Å². The molecule has 3 aromatic rings. The van der Waals surface area contributed by atoms with Gasteiger partial charge in [0.25, 0.3) is 5.91 Å². The monoisotopic (exact) mass is 560 g/mol. The van der Waals surface area contributed by atoms with Gasteiger partial charge in [-0.15, -0.1) is 0 Å². The molecule has 0 saturated carbocycles. The van der Waals surface area contributed by atoms with Gasteiger partial charge < -0.3 is 4.90 Å². The van der Waals surface area contributed by atoms with Crippen molar-refractivity contribution in [1.82, 2.24) is 9.80 Å². The Hall–Kier alpha value is -2.75. The number of carbonyl (C=O) groups is 1. The Kier molecular flexibility index (Phi) is 7.78. The molecule has 0 bridgehead atoms. The number of benzene rings is 3. The van der Waals surface area contributed by atoms with Crippen molar-refractivity contribution in [3.8, 4) is 0 Å². The second-order valence-corrected chi connectivity index (χ2v) is 9.50. The van der Waals surface area contributed by atoms with Gasteiger partial charge in [0.15, 0.2) is 0 Å². The van der Waals surface area contributed by atoms with Crippen LogP contribution in [0, 0.1) is 0 Å². The summed E-state index contributed by atoms with van der Waals surface area (Å²) in [6, 6.07) is 15.2. The van der Waals surface area contributed by atoms with Gasteiger partial charge >= 0.3 is 12.4 Å². The zero-order valence-electron chi connectivity index (χ0n) is 19.1. The summed E-state index contributed by atoms with van der Waals surface area (Å²) in [6.07, 6.45) is -10.1. The van der Waals surface area contributed by atoms with E-state index < -0.39 is 35.0 Å². The first kappa shape index (κ1) is 27.3. The molecule has 0 atom stereocenters. The molecule has 0 radical (unpaired) electrons. The predicted molar refractivity (Wildman–Crippen MR) is 129 cm³/mol. The fourth-order valence-electron chi connectivity index (χ4n) is 4.35. The molecule has 1 heterocycles. The van der Waals surface area contributed by atoms with Crippen molar-refractivity contribution in [3.63, 3.8) is 0 Å². The molecule has 196 valence electrons. The fraction of sp³-hybridized carbons (Fsp3) is 0.269. The summed E-state index contributed by atoms with van der Waals surface area (Å²) in [5.41, 5.74) is -1.83. The summed E-state index contributed by atoms with van der Waals surface area (Å²) >= 11 is 12.1. The number of amides is 1. The van der Waals surface area contributed by atoms with E-state index in [1.165, 1.54) is 4.90 Å². The first-order valence-corrected chi connectivity index (χ1v) is 11.9. The molecule has 37 heavy (non-hydrogen) atoms. The van der Waals surface area contributed by atoms with E-state index in [0.29, 0.717) is 35.3 Å². The molecular weight excluding hydrogens is 541 g/mol. The maximum Gasteiger partial charge on any atom is 0.416 e. The van der Waals surface area contributed by atoms with Crippen LogP contribution in [0.5, 0.6) is 0 Å². The van der Waals surface area contributed by atoms with E-state index in [4.69, 9.17) is 23.2 Å². The molecule has 0 aromatic heterocycles. The highest BCUT2D eigenvalue weighted by molar-refractivity contribution is 6.30. The molecule has 4 rings (SSSR count). The van der Waals surface area contributed by atoms with Crippen molar-refractivity contribution >= 4 is 29.1 Å². The van der Waals surface area contributed by atoms with E-state index in [1.54, 1.807) is 24.3 Å². The zero-order chi connectivity index (χ0) is 27.0. The second kappa shape index (κ2) is 10.6. The highest BCUT2D eigenvalue weighted by Crippen LogP contribution is 2.37. The Labute approximate surface area is 219 Å². The highest BCUT2D eigenvalue weighted by atomic mass is 35.5. The van der Waals surface area contributed by atoms with Gasteiger partial charge in [0.1, 0.15) is 0 Å². The molecule has 0 spiro atoms. The lowest BCUT2D eigenvalue weighted by Gasteiger charge is -2.40. The maximum absolute atomic E-state index is 13.2. The van der Waals surface area contributed by atoms with Crippen LogP contribution in [0.3, 0.4) is 0 Å². The van der Waals surface area contributed by atoms with Crippen LogP contribution in [0.15, 0.2) is 66.7 Å². The van der Waals surface area contributed by atoms with Gasteiger partial charge in [-0.05, 0) is 53.6 Å². The van der Waals surface area contributed by atoms with Gasteiger partial charge in [0.2, 0.25) is 0 Å². The smallest absolute Gasteiger partial charge is 0.336 e. The number of halogens is 8. The molecule has 1 aliphatic heterocycles. The Bertz CT molecular complexity index is 1170. The van der Waals surface area contributed by atoms with Crippen LogP contribution in [-0.4, -0.2) is 41.9 Å². The van der Waals surface area contributed by atoms with Gasteiger partial charge in [-0.1, -0.05) is 47.5 Å². The SMILES string of the molecule is O=C(c1cc(C(F)(F)F)cc(C(F)(F)F)c1)N1CCN(C(c2ccc(Cl)cc2)c2ccc(Cl)cc2)CC1. The van der Waals surface area contributed by atoms with Crippen LogP contribution in [0.4, 0.5) is 26.3 Å². The molecule has 1 aliphatic rings. The molecule has 11 heteroatoms. The third-order valence-corrected chi connectivity index (χ3v) is 6.68. The number of rotatable bonds is 4. The third kappa shape index (κ3) is 6.40. The van der Waals surface area contributed by atoms with E-state index in [1.807, 2.05) is 24.3 Å². The van der Waals surface area contributed by atoms with Gasteiger partial charge in [-0.25, -0.2) is 0 Å². The van der Waals surface area contributed by atoms with Crippen LogP contribution in [0.2, 0.25) is 10.0 Å². The molecule has 0 aliphatic carbocycles. The van der Waals surface area contributed by atoms with E-state index in [-0.39, 0.29) is 25.2 Å². The van der Waals surface area contributed by atoms with Gasteiger partial charge in [-0.2, -0.15) is 26.3 Å². The third-order valence-electron chi connectivity index (χ3n) is 6.17. The van der Waals surface area contributed by atoms with Crippen molar-refractivity contribution in [3.05, 3.63) is 105 Å². The van der Waals surface area contributed by atoms with Crippen molar-refractivity contribution in [2.24, 2.45) is 0 Å². The first-order valence-electron chi connectivity index (χ1n) is 11.2. The Morgan fingerprint density at radius 2 is 1.08 bits per heavy atom. The van der Waals surface area contributed by atoms with Crippen LogP contribution in [0.1, 0.15) is 38.7 Å². The first-order chi connectivity index (χ1) is 17.3. The Balaban J connectivity index is 1.57.